The summed E-state index contributed by atoms with van der Waals surface area (Å²) in [5.41, 5.74) is 3.33. The molecule has 5 nitrogen and oxygen atoms in total. The number of hydrogen-bond donors (Lipinski definition) is 2. The van der Waals surface area contributed by atoms with Crippen molar-refractivity contribution in [2.75, 3.05) is 5.32 Å². The van der Waals surface area contributed by atoms with E-state index in [0.717, 1.165) is 21.3 Å². The van der Waals surface area contributed by atoms with Gasteiger partial charge < -0.3 is 5.32 Å². The fraction of sp³-hybridized carbons (Fsp3) is 0.150. The highest BCUT2D eigenvalue weighted by Gasteiger charge is 2.11. The SMILES string of the molecule is CC(=O)NC(C)c1ccc(-c2csc(NC(=O)c3cccc(Br)c3)n2)cc1. The summed E-state index contributed by atoms with van der Waals surface area (Å²) in [6.07, 6.45) is 0. The number of carbonyl (C=O) groups is 2. The maximum absolute atomic E-state index is 12.3. The van der Waals surface area contributed by atoms with E-state index in [1.165, 1.54) is 18.3 Å². The van der Waals surface area contributed by atoms with Crippen LogP contribution in [0.2, 0.25) is 0 Å². The predicted octanol–water partition coefficient (Wildman–Crippen LogP) is 5.02. The first-order valence-corrected chi connectivity index (χ1v) is 9.99. The van der Waals surface area contributed by atoms with Gasteiger partial charge in [-0.2, -0.15) is 0 Å². The molecule has 3 rings (SSSR count). The van der Waals surface area contributed by atoms with Crippen molar-refractivity contribution in [3.63, 3.8) is 0 Å². The molecule has 2 N–H and O–H groups in total. The van der Waals surface area contributed by atoms with Gasteiger partial charge in [-0.3, -0.25) is 14.9 Å². The van der Waals surface area contributed by atoms with Crippen LogP contribution in [0.4, 0.5) is 5.13 Å². The highest BCUT2D eigenvalue weighted by molar-refractivity contribution is 9.10. The zero-order valence-electron chi connectivity index (χ0n) is 14.8. The minimum absolute atomic E-state index is 0.0490. The molecule has 1 heterocycles. The zero-order valence-corrected chi connectivity index (χ0v) is 17.2. The fourth-order valence-electron chi connectivity index (χ4n) is 2.59. The molecule has 3 aromatic rings. The summed E-state index contributed by atoms with van der Waals surface area (Å²) in [4.78, 5) is 28.0. The number of benzene rings is 2. The van der Waals surface area contributed by atoms with Crippen LogP contribution in [0.1, 0.15) is 35.8 Å². The van der Waals surface area contributed by atoms with Gasteiger partial charge in [-0.1, -0.05) is 46.3 Å². The Labute approximate surface area is 170 Å². The molecule has 0 spiro atoms. The first-order valence-electron chi connectivity index (χ1n) is 8.32. The second kappa shape index (κ2) is 8.45. The van der Waals surface area contributed by atoms with E-state index in [-0.39, 0.29) is 17.9 Å². The Balaban J connectivity index is 1.70. The van der Waals surface area contributed by atoms with E-state index in [9.17, 15) is 9.59 Å². The van der Waals surface area contributed by atoms with Gasteiger partial charge in [0.15, 0.2) is 5.13 Å². The second-order valence-corrected chi connectivity index (χ2v) is 7.82. The van der Waals surface area contributed by atoms with Crippen LogP contribution in [0.15, 0.2) is 58.4 Å². The number of hydrogen-bond acceptors (Lipinski definition) is 4. The number of nitrogens with zero attached hydrogens (tertiary/aromatic N) is 1. The van der Waals surface area contributed by atoms with Gasteiger partial charge in [0.05, 0.1) is 11.7 Å². The topological polar surface area (TPSA) is 71.1 Å². The highest BCUT2D eigenvalue weighted by atomic mass is 79.9. The number of rotatable bonds is 5. The molecule has 27 heavy (non-hydrogen) atoms. The van der Waals surface area contributed by atoms with Crippen LogP contribution in [0, 0.1) is 0 Å². The Kier molecular flexibility index (Phi) is 6.03. The van der Waals surface area contributed by atoms with E-state index >= 15 is 0 Å². The number of carbonyl (C=O) groups excluding carboxylic acids is 2. The summed E-state index contributed by atoms with van der Waals surface area (Å²) in [5, 5.41) is 8.14. The Morgan fingerprint density at radius 1 is 1.15 bits per heavy atom. The number of aromatic nitrogens is 1. The first kappa shape index (κ1) is 19.3. The quantitative estimate of drug-likeness (QED) is 0.581. The minimum Gasteiger partial charge on any atom is -0.350 e. The van der Waals surface area contributed by atoms with Crippen LogP contribution in [0.5, 0.6) is 0 Å². The molecule has 0 saturated heterocycles. The standard InChI is InChI=1S/C20H18BrN3O2S/c1-12(22-13(2)25)14-6-8-15(9-7-14)18-11-27-20(23-18)24-19(26)16-4-3-5-17(21)10-16/h3-12H,1-2H3,(H,22,25)(H,23,24,26). The lowest BCUT2D eigenvalue weighted by molar-refractivity contribution is -0.119. The first-order chi connectivity index (χ1) is 12.9. The normalized spacial score (nSPS) is 11.7. The maximum Gasteiger partial charge on any atom is 0.257 e. The third-order valence-corrected chi connectivity index (χ3v) is 5.19. The molecule has 0 fully saturated rings. The molecule has 2 amide bonds. The molecule has 0 aliphatic carbocycles. The third-order valence-electron chi connectivity index (χ3n) is 3.94. The number of anilines is 1. The van der Waals surface area contributed by atoms with Crippen molar-refractivity contribution < 1.29 is 9.59 Å². The summed E-state index contributed by atoms with van der Waals surface area (Å²) in [6.45, 7) is 3.44. The van der Waals surface area contributed by atoms with Crippen LogP contribution in [0.3, 0.4) is 0 Å². The van der Waals surface area contributed by atoms with Crippen molar-refractivity contribution in [1.29, 1.82) is 0 Å². The van der Waals surface area contributed by atoms with Crippen molar-refractivity contribution >= 4 is 44.2 Å². The molecule has 1 aromatic heterocycles. The van der Waals surface area contributed by atoms with Gasteiger partial charge in [0.1, 0.15) is 0 Å². The molecule has 0 aliphatic rings. The van der Waals surface area contributed by atoms with Crippen LogP contribution < -0.4 is 10.6 Å². The average Bonchev–Trinajstić information content (AvgIpc) is 3.09. The molecule has 1 atom stereocenters. The van der Waals surface area contributed by atoms with E-state index in [1.807, 2.05) is 48.7 Å². The van der Waals surface area contributed by atoms with Crippen molar-refractivity contribution in [3.8, 4) is 11.3 Å². The lowest BCUT2D eigenvalue weighted by Gasteiger charge is -2.13. The third kappa shape index (κ3) is 5.02. The molecular formula is C20H18BrN3O2S. The predicted molar refractivity (Wildman–Crippen MR) is 112 cm³/mol. The van der Waals surface area contributed by atoms with E-state index in [2.05, 4.69) is 31.5 Å². The van der Waals surface area contributed by atoms with E-state index < -0.39 is 0 Å². The van der Waals surface area contributed by atoms with Gasteiger partial charge in [0.2, 0.25) is 5.91 Å². The second-order valence-electron chi connectivity index (χ2n) is 6.05. The molecule has 0 aliphatic heterocycles. The molecule has 1 unspecified atom stereocenters. The van der Waals surface area contributed by atoms with Crippen LogP contribution >= 0.6 is 27.3 Å². The number of halogens is 1. The van der Waals surface area contributed by atoms with Gasteiger partial charge in [0, 0.05) is 27.9 Å². The summed E-state index contributed by atoms with van der Waals surface area (Å²) < 4.78 is 0.851. The van der Waals surface area contributed by atoms with Gasteiger partial charge in [-0.15, -0.1) is 11.3 Å². The van der Waals surface area contributed by atoms with Gasteiger partial charge in [-0.05, 0) is 30.7 Å². The molecule has 2 aromatic carbocycles. The number of thiazole rings is 1. The Morgan fingerprint density at radius 2 is 1.89 bits per heavy atom. The van der Waals surface area contributed by atoms with Gasteiger partial charge in [-0.25, -0.2) is 4.98 Å². The van der Waals surface area contributed by atoms with Crippen molar-refractivity contribution in [2.24, 2.45) is 0 Å². The molecule has 0 bridgehead atoms. The number of amides is 2. The Hall–Kier alpha value is -2.51. The van der Waals surface area contributed by atoms with Gasteiger partial charge >= 0.3 is 0 Å². The zero-order chi connectivity index (χ0) is 19.4. The van der Waals surface area contributed by atoms with E-state index in [4.69, 9.17) is 0 Å². The molecule has 138 valence electrons. The van der Waals surface area contributed by atoms with Crippen molar-refractivity contribution in [2.45, 2.75) is 19.9 Å². The largest absolute Gasteiger partial charge is 0.350 e. The molecule has 7 heteroatoms. The van der Waals surface area contributed by atoms with Crippen LogP contribution in [-0.2, 0) is 4.79 Å². The van der Waals surface area contributed by atoms with Crippen molar-refractivity contribution in [1.82, 2.24) is 10.3 Å². The highest BCUT2D eigenvalue weighted by Crippen LogP contribution is 2.26. The smallest absolute Gasteiger partial charge is 0.257 e. The lowest BCUT2D eigenvalue weighted by atomic mass is 10.1. The summed E-state index contributed by atoms with van der Waals surface area (Å²) in [7, 11) is 0. The monoisotopic (exact) mass is 443 g/mol. The summed E-state index contributed by atoms with van der Waals surface area (Å²) in [5.74, 6) is -0.256. The van der Waals surface area contributed by atoms with E-state index in [1.54, 1.807) is 12.1 Å². The Morgan fingerprint density at radius 3 is 2.56 bits per heavy atom. The Bertz CT molecular complexity index is 969. The summed E-state index contributed by atoms with van der Waals surface area (Å²) in [6, 6.07) is 15.0. The van der Waals surface area contributed by atoms with E-state index in [0.29, 0.717) is 10.7 Å². The minimum atomic E-state index is -0.198. The lowest BCUT2D eigenvalue weighted by Crippen LogP contribution is -2.23. The van der Waals surface area contributed by atoms with Gasteiger partial charge in [0.25, 0.3) is 5.91 Å². The summed E-state index contributed by atoms with van der Waals surface area (Å²) >= 11 is 4.74. The van der Waals surface area contributed by atoms with Crippen molar-refractivity contribution in [3.05, 3.63) is 69.5 Å². The van der Waals surface area contributed by atoms with Crippen LogP contribution in [-0.4, -0.2) is 16.8 Å². The molecule has 0 saturated carbocycles. The number of nitrogens with one attached hydrogen (secondary N) is 2. The fourth-order valence-corrected chi connectivity index (χ4v) is 3.71. The average molecular weight is 444 g/mol. The van der Waals surface area contributed by atoms with Crippen LogP contribution in [0.25, 0.3) is 11.3 Å². The molecular weight excluding hydrogens is 426 g/mol. The maximum atomic E-state index is 12.3. The molecule has 0 radical (unpaired) electrons.